The first kappa shape index (κ1) is 14.5. The lowest BCUT2D eigenvalue weighted by molar-refractivity contribution is 0.399. The molecule has 1 saturated carbocycles. The summed E-state index contributed by atoms with van der Waals surface area (Å²) in [5, 5.41) is 1.67. The number of nitrogens with two attached hydrogens (primary N) is 1. The van der Waals surface area contributed by atoms with Crippen molar-refractivity contribution in [2.45, 2.75) is 36.1 Å². The topological polar surface area (TPSA) is 72.2 Å². The van der Waals surface area contributed by atoms with Crippen LogP contribution in [0.25, 0.3) is 10.8 Å². The highest BCUT2D eigenvalue weighted by Crippen LogP contribution is 2.31. The molecule has 1 aliphatic rings. The number of rotatable bonds is 4. The summed E-state index contributed by atoms with van der Waals surface area (Å²) >= 11 is 0. The predicted molar refractivity (Wildman–Crippen MR) is 84.5 cm³/mol. The third-order valence-corrected chi connectivity index (χ3v) is 5.98. The summed E-state index contributed by atoms with van der Waals surface area (Å²) in [7, 11) is -3.57. The zero-order valence-electron chi connectivity index (χ0n) is 11.9. The Kier molecular flexibility index (Phi) is 3.73. The number of hydrogen-bond donors (Lipinski definition) is 2. The van der Waals surface area contributed by atoms with Crippen LogP contribution >= 0.6 is 0 Å². The van der Waals surface area contributed by atoms with Gasteiger partial charge < -0.3 is 5.73 Å². The first-order chi connectivity index (χ1) is 10.1. The minimum Gasteiger partial charge on any atom is -0.329 e. The number of benzene rings is 2. The van der Waals surface area contributed by atoms with E-state index in [1.54, 1.807) is 12.1 Å². The predicted octanol–water partition coefficient (Wildman–Crippen LogP) is 2.39. The van der Waals surface area contributed by atoms with E-state index in [1.807, 2.05) is 30.3 Å². The van der Waals surface area contributed by atoms with Crippen LogP contribution in [0.4, 0.5) is 0 Å². The molecule has 2 aromatic rings. The highest BCUT2D eigenvalue weighted by molar-refractivity contribution is 7.89. The fourth-order valence-corrected chi connectivity index (χ4v) is 4.87. The molecule has 21 heavy (non-hydrogen) atoms. The molecule has 0 unspecified atom stereocenters. The van der Waals surface area contributed by atoms with Gasteiger partial charge >= 0.3 is 0 Å². The van der Waals surface area contributed by atoms with Crippen LogP contribution in [-0.4, -0.2) is 20.5 Å². The maximum atomic E-state index is 12.8. The molecule has 0 aromatic heterocycles. The normalized spacial score (nSPS) is 18.1. The Morgan fingerprint density at radius 2 is 1.71 bits per heavy atom. The molecule has 0 saturated heterocycles. The molecular formula is C16H20N2O2S. The van der Waals surface area contributed by atoms with Gasteiger partial charge in [-0.2, -0.15) is 0 Å². The Bertz CT molecular complexity index is 744. The van der Waals surface area contributed by atoms with E-state index in [1.165, 1.54) is 0 Å². The van der Waals surface area contributed by atoms with E-state index < -0.39 is 15.6 Å². The molecule has 0 spiro atoms. The van der Waals surface area contributed by atoms with E-state index in [9.17, 15) is 8.42 Å². The van der Waals surface area contributed by atoms with Crippen molar-refractivity contribution in [1.82, 2.24) is 4.72 Å². The summed E-state index contributed by atoms with van der Waals surface area (Å²) in [5.41, 5.74) is 5.36. The lowest BCUT2D eigenvalue weighted by Gasteiger charge is -2.28. The van der Waals surface area contributed by atoms with Crippen molar-refractivity contribution in [3.8, 4) is 0 Å². The Balaban J connectivity index is 2.04. The van der Waals surface area contributed by atoms with Gasteiger partial charge in [-0.05, 0) is 24.3 Å². The van der Waals surface area contributed by atoms with E-state index >= 15 is 0 Å². The maximum absolute atomic E-state index is 12.8. The maximum Gasteiger partial charge on any atom is 0.241 e. The molecule has 3 rings (SSSR count). The zero-order chi connectivity index (χ0) is 14.9. The summed E-state index contributed by atoms with van der Waals surface area (Å²) in [4.78, 5) is 0.334. The average molecular weight is 304 g/mol. The minimum atomic E-state index is -3.57. The molecule has 0 amide bonds. The van der Waals surface area contributed by atoms with Gasteiger partial charge in [0.2, 0.25) is 10.0 Å². The minimum absolute atomic E-state index is 0.334. The van der Waals surface area contributed by atoms with Crippen LogP contribution in [0.15, 0.2) is 47.4 Å². The van der Waals surface area contributed by atoms with Crippen LogP contribution in [0, 0.1) is 0 Å². The van der Waals surface area contributed by atoms with Gasteiger partial charge in [-0.3, -0.25) is 0 Å². The second-order valence-corrected chi connectivity index (χ2v) is 7.43. The van der Waals surface area contributed by atoms with E-state index in [4.69, 9.17) is 5.73 Å². The second-order valence-electron chi connectivity index (χ2n) is 5.77. The number of fused-ring (bicyclic) bond motifs is 1. The van der Waals surface area contributed by atoms with E-state index in [2.05, 4.69) is 4.72 Å². The molecule has 0 heterocycles. The Hall–Kier alpha value is -1.43. The van der Waals surface area contributed by atoms with Crippen molar-refractivity contribution in [2.24, 2.45) is 5.73 Å². The smallest absolute Gasteiger partial charge is 0.241 e. The van der Waals surface area contributed by atoms with E-state index in [-0.39, 0.29) is 0 Å². The lowest BCUT2D eigenvalue weighted by atomic mass is 10.0. The second kappa shape index (κ2) is 5.40. The standard InChI is InChI=1S/C16H20N2O2S/c17-12-16(10-3-4-11-16)18-21(19,20)15-9-5-7-13-6-1-2-8-14(13)15/h1-2,5-9,18H,3-4,10-12,17H2. The van der Waals surface area contributed by atoms with Gasteiger partial charge in [-0.15, -0.1) is 0 Å². The fraction of sp³-hybridized carbons (Fsp3) is 0.375. The molecule has 1 fully saturated rings. The molecule has 5 heteroatoms. The number of sulfonamides is 1. The van der Waals surface area contributed by atoms with Gasteiger partial charge in [0, 0.05) is 17.5 Å². The van der Waals surface area contributed by atoms with E-state index in [0.717, 1.165) is 36.5 Å². The Labute approximate surface area is 125 Å². The third-order valence-electron chi connectivity index (χ3n) is 4.34. The molecule has 0 radical (unpaired) electrons. The first-order valence-corrected chi connectivity index (χ1v) is 8.77. The lowest BCUT2D eigenvalue weighted by Crippen LogP contribution is -2.51. The molecule has 112 valence electrons. The highest BCUT2D eigenvalue weighted by Gasteiger charge is 2.37. The largest absolute Gasteiger partial charge is 0.329 e. The Morgan fingerprint density at radius 3 is 2.43 bits per heavy atom. The number of nitrogens with one attached hydrogen (secondary N) is 1. The van der Waals surface area contributed by atoms with Crippen molar-refractivity contribution in [3.63, 3.8) is 0 Å². The van der Waals surface area contributed by atoms with Crippen LogP contribution in [0.2, 0.25) is 0 Å². The van der Waals surface area contributed by atoms with Crippen LogP contribution in [0.3, 0.4) is 0 Å². The monoisotopic (exact) mass is 304 g/mol. The van der Waals surface area contributed by atoms with Crippen LogP contribution in [0.1, 0.15) is 25.7 Å². The molecule has 0 atom stereocenters. The van der Waals surface area contributed by atoms with Gasteiger partial charge in [0.15, 0.2) is 0 Å². The molecule has 1 aliphatic carbocycles. The average Bonchev–Trinajstić information content (AvgIpc) is 2.95. The number of hydrogen-bond acceptors (Lipinski definition) is 3. The molecule has 2 aromatic carbocycles. The van der Waals surface area contributed by atoms with E-state index in [0.29, 0.717) is 11.4 Å². The first-order valence-electron chi connectivity index (χ1n) is 7.28. The van der Waals surface area contributed by atoms with Gasteiger partial charge in [0.05, 0.1) is 4.90 Å². The molecular weight excluding hydrogens is 284 g/mol. The van der Waals surface area contributed by atoms with Crippen molar-refractivity contribution in [2.75, 3.05) is 6.54 Å². The van der Waals surface area contributed by atoms with Gasteiger partial charge in [0.25, 0.3) is 0 Å². The zero-order valence-corrected chi connectivity index (χ0v) is 12.7. The quantitative estimate of drug-likeness (QED) is 0.911. The summed E-state index contributed by atoms with van der Waals surface area (Å²) in [6.07, 6.45) is 3.67. The SMILES string of the molecule is NCC1(NS(=O)(=O)c2cccc3ccccc23)CCCC1. The third kappa shape index (κ3) is 2.69. The van der Waals surface area contributed by atoms with Crippen molar-refractivity contribution in [1.29, 1.82) is 0 Å². The van der Waals surface area contributed by atoms with Gasteiger partial charge in [0.1, 0.15) is 0 Å². The highest BCUT2D eigenvalue weighted by atomic mass is 32.2. The fourth-order valence-electron chi connectivity index (χ4n) is 3.17. The molecule has 3 N–H and O–H groups in total. The molecule has 0 aliphatic heterocycles. The molecule has 4 nitrogen and oxygen atoms in total. The summed E-state index contributed by atoms with van der Waals surface area (Å²) in [6.45, 7) is 0.344. The Morgan fingerprint density at radius 1 is 1.05 bits per heavy atom. The summed E-state index contributed by atoms with van der Waals surface area (Å²) in [6, 6.07) is 12.9. The van der Waals surface area contributed by atoms with Crippen LogP contribution < -0.4 is 10.5 Å². The summed E-state index contributed by atoms with van der Waals surface area (Å²) in [5.74, 6) is 0. The van der Waals surface area contributed by atoms with Gasteiger partial charge in [-0.25, -0.2) is 13.1 Å². The van der Waals surface area contributed by atoms with Crippen LogP contribution in [-0.2, 0) is 10.0 Å². The van der Waals surface area contributed by atoms with Crippen molar-refractivity contribution < 1.29 is 8.42 Å². The van der Waals surface area contributed by atoms with Crippen molar-refractivity contribution in [3.05, 3.63) is 42.5 Å². The summed E-state index contributed by atoms with van der Waals surface area (Å²) < 4.78 is 28.5. The van der Waals surface area contributed by atoms with Crippen molar-refractivity contribution >= 4 is 20.8 Å². The van der Waals surface area contributed by atoms with Gasteiger partial charge in [-0.1, -0.05) is 49.2 Å². The van der Waals surface area contributed by atoms with Crippen LogP contribution in [0.5, 0.6) is 0 Å². The molecule has 0 bridgehead atoms.